The molecule has 0 spiro atoms. The van der Waals surface area contributed by atoms with Crippen molar-refractivity contribution >= 4 is 22.6 Å². The fourth-order valence-electron chi connectivity index (χ4n) is 1.51. The fourth-order valence-corrected chi connectivity index (χ4v) is 2.19. The maximum atomic E-state index is 11.1. The van der Waals surface area contributed by atoms with Crippen LogP contribution in [0.15, 0.2) is 17.0 Å². The van der Waals surface area contributed by atoms with Gasteiger partial charge in [-0.05, 0) is 42.6 Å². The van der Waals surface area contributed by atoms with Gasteiger partial charge < -0.3 is 10.0 Å². The largest absolute Gasteiger partial charge is 0.488 e. The van der Waals surface area contributed by atoms with Crippen LogP contribution < -0.4 is 10.6 Å². The minimum absolute atomic E-state index is 0.0260. The Hall–Kier alpha value is -0.885. The molecule has 0 radical (unpaired) electrons. The van der Waals surface area contributed by atoms with Crippen LogP contribution in [0.1, 0.15) is 11.1 Å². The predicted octanol–water partition coefficient (Wildman–Crippen LogP) is -1.37. The van der Waals surface area contributed by atoms with Gasteiger partial charge in [0.05, 0.1) is 4.90 Å². The first-order valence-corrected chi connectivity index (χ1v) is 5.78. The van der Waals surface area contributed by atoms with Gasteiger partial charge in [0.2, 0.25) is 10.0 Å². The average Bonchev–Trinajstić information content (AvgIpc) is 1.99. The number of benzene rings is 1. The summed E-state index contributed by atoms with van der Waals surface area (Å²) >= 11 is 0. The third kappa shape index (κ3) is 2.57. The number of sulfonamides is 1. The van der Waals surface area contributed by atoms with Crippen LogP contribution in [0.4, 0.5) is 0 Å². The summed E-state index contributed by atoms with van der Waals surface area (Å²) in [6.45, 7) is 3.19. The zero-order chi connectivity index (χ0) is 11.8. The van der Waals surface area contributed by atoms with E-state index in [0.29, 0.717) is 16.6 Å². The second kappa shape index (κ2) is 3.94. The lowest BCUT2D eigenvalue weighted by molar-refractivity contribution is 0.425. The van der Waals surface area contributed by atoms with Crippen molar-refractivity contribution < 1.29 is 18.5 Å². The van der Waals surface area contributed by atoms with Crippen LogP contribution in [0.3, 0.4) is 0 Å². The van der Waals surface area contributed by atoms with E-state index in [1.807, 2.05) is 0 Å². The van der Waals surface area contributed by atoms with Crippen molar-refractivity contribution in [2.45, 2.75) is 18.7 Å². The van der Waals surface area contributed by atoms with Crippen LogP contribution in [-0.2, 0) is 10.0 Å². The van der Waals surface area contributed by atoms with Gasteiger partial charge in [0.25, 0.3) is 0 Å². The molecule has 0 amide bonds. The lowest BCUT2D eigenvalue weighted by atomic mass is 9.74. The maximum Gasteiger partial charge on any atom is 0.488 e. The standard InChI is InChI=1S/C8H12BNO4S/c1-5-3-7(15(10,13)14)4-6(2)8(5)9(11)12/h3-4,11-12H,1-2H3,(H2,10,13,14). The molecule has 1 rings (SSSR count). The van der Waals surface area contributed by atoms with Gasteiger partial charge in [-0.1, -0.05) is 0 Å². The Bertz CT molecular complexity index is 460. The number of rotatable bonds is 2. The van der Waals surface area contributed by atoms with Crippen molar-refractivity contribution in [2.75, 3.05) is 0 Å². The number of hydrogen-bond acceptors (Lipinski definition) is 4. The third-order valence-electron chi connectivity index (χ3n) is 2.15. The Morgan fingerprint density at radius 1 is 1.20 bits per heavy atom. The third-order valence-corrected chi connectivity index (χ3v) is 3.05. The van der Waals surface area contributed by atoms with E-state index in [4.69, 9.17) is 15.2 Å². The summed E-state index contributed by atoms with van der Waals surface area (Å²) in [5.41, 5.74) is 1.27. The topological polar surface area (TPSA) is 101 Å². The number of nitrogens with two attached hydrogens (primary N) is 1. The molecule has 0 bridgehead atoms. The molecule has 4 N–H and O–H groups in total. The summed E-state index contributed by atoms with van der Waals surface area (Å²) in [6, 6.07) is 2.63. The molecular formula is C8H12BNO4S. The predicted molar refractivity (Wildman–Crippen MR) is 57.1 cm³/mol. The molecule has 0 unspecified atom stereocenters. The Morgan fingerprint density at radius 3 is 1.87 bits per heavy atom. The Kier molecular flexibility index (Phi) is 3.20. The van der Waals surface area contributed by atoms with Gasteiger partial charge >= 0.3 is 7.12 Å². The van der Waals surface area contributed by atoms with Crippen LogP contribution in [-0.4, -0.2) is 25.6 Å². The van der Waals surface area contributed by atoms with E-state index in [9.17, 15) is 8.42 Å². The first-order chi connectivity index (χ1) is 6.73. The van der Waals surface area contributed by atoms with Gasteiger partial charge in [0, 0.05) is 0 Å². The van der Waals surface area contributed by atoms with Crippen molar-refractivity contribution in [1.82, 2.24) is 0 Å². The fraction of sp³-hybridized carbons (Fsp3) is 0.250. The van der Waals surface area contributed by atoms with E-state index in [1.165, 1.54) is 12.1 Å². The van der Waals surface area contributed by atoms with E-state index < -0.39 is 17.1 Å². The number of hydrogen-bond donors (Lipinski definition) is 3. The van der Waals surface area contributed by atoms with Crippen molar-refractivity contribution in [2.24, 2.45) is 5.14 Å². The van der Waals surface area contributed by atoms with E-state index in [0.717, 1.165) is 0 Å². The van der Waals surface area contributed by atoms with Gasteiger partial charge in [-0.3, -0.25) is 0 Å². The summed E-state index contributed by atoms with van der Waals surface area (Å²) in [5.74, 6) is 0. The summed E-state index contributed by atoms with van der Waals surface area (Å²) in [7, 11) is -5.37. The van der Waals surface area contributed by atoms with E-state index in [-0.39, 0.29) is 4.90 Å². The molecule has 0 saturated heterocycles. The Balaban J connectivity index is 3.45. The molecule has 1 aromatic rings. The minimum Gasteiger partial charge on any atom is -0.423 e. The second-order valence-electron chi connectivity index (χ2n) is 3.39. The molecule has 0 aliphatic carbocycles. The SMILES string of the molecule is Cc1cc(S(N)(=O)=O)cc(C)c1B(O)O. The second-order valence-corrected chi connectivity index (χ2v) is 4.95. The monoisotopic (exact) mass is 229 g/mol. The smallest absolute Gasteiger partial charge is 0.423 e. The van der Waals surface area contributed by atoms with Crippen molar-refractivity contribution in [1.29, 1.82) is 0 Å². The molecule has 0 fully saturated rings. The van der Waals surface area contributed by atoms with Gasteiger partial charge in [0.15, 0.2) is 0 Å². The van der Waals surface area contributed by atoms with Crippen LogP contribution >= 0.6 is 0 Å². The highest BCUT2D eigenvalue weighted by atomic mass is 32.2. The summed E-state index contributed by atoms with van der Waals surface area (Å²) in [5, 5.41) is 23.1. The molecule has 0 atom stereocenters. The molecule has 0 aliphatic rings. The Labute approximate surface area is 88.7 Å². The summed E-state index contributed by atoms with van der Waals surface area (Å²) < 4.78 is 22.1. The molecule has 0 heterocycles. The van der Waals surface area contributed by atoms with E-state index in [2.05, 4.69) is 0 Å². The van der Waals surface area contributed by atoms with Crippen LogP contribution in [0.5, 0.6) is 0 Å². The van der Waals surface area contributed by atoms with Gasteiger partial charge in [-0.15, -0.1) is 0 Å². The molecule has 15 heavy (non-hydrogen) atoms. The van der Waals surface area contributed by atoms with Crippen molar-refractivity contribution in [3.63, 3.8) is 0 Å². The summed E-state index contributed by atoms with van der Waals surface area (Å²) in [4.78, 5) is -0.0260. The van der Waals surface area contributed by atoms with Crippen LogP contribution in [0.25, 0.3) is 0 Å². The lowest BCUT2D eigenvalue weighted by Crippen LogP contribution is -2.35. The number of primary sulfonamides is 1. The quantitative estimate of drug-likeness (QED) is 0.544. The van der Waals surface area contributed by atoms with Crippen molar-refractivity contribution in [3.8, 4) is 0 Å². The average molecular weight is 229 g/mol. The molecule has 0 aromatic heterocycles. The molecule has 1 aromatic carbocycles. The zero-order valence-corrected chi connectivity index (χ0v) is 9.25. The van der Waals surface area contributed by atoms with Crippen LogP contribution in [0.2, 0.25) is 0 Å². The number of aryl methyl sites for hydroxylation is 2. The molecule has 7 heteroatoms. The molecular weight excluding hydrogens is 217 g/mol. The molecule has 5 nitrogen and oxygen atoms in total. The summed E-state index contributed by atoms with van der Waals surface area (Å²) in [6.07, 6.45) is 0. The highest BCUT2D eigenvalue weighted by Crippen LogP contribution is 2.11. The zero-order valence-electron chi connectivity index (χ0n) is 8.43. The van der Waals surface area contributed by atoms with Gasteiger partial charge in [-0.25, -0.2) is 13.6 Å². The van der Waals surface area contributed by atoms with E-state index in [1.54, 1.807) is 13.8 Å². The highest BCUT2D eigenvalue weighted by molar-refractivity contribution is 7.89. The lowest BCUT2D eigenvalue weighted by Gasteiger charge is -2.10. The van der Waals surface area contributed by atoms with E-state index >= 15 is 0 Å². The van der Waals surface area contributed by atoms with Gasteiger partial charge in [-0.2, -0.15) is 0 Å². The van der Waals surface area contributed by atoms with Crippen molar-refractivity contribution in [3.05, 3.63) is 23.3 Å². The first-order valence-electron chi connectivity index (χ1n) is 4.23. The minimum atomic E-state index is -3.75. The molecule has 0 aliphatic heterocycles. The first kappa shape index (κ1) is 12.2. The van der Waals surface area contributed by atoms with Gasteiger partial charge in [0.1, 0.15) is 0 Å². The molecule has 0 saturated carbocycles. The maximum absolute atomic E-state index is 11.1. The highest BCUT2D eigenvalue weighted by Gasteiger charge is 2.19. The normalized spacial score (nSPS) is 11.5. The Morgan fingerprint density at radius 2 is 1.60 bits per heavy atom. The van der Waals surface area contributed by atoms with Crippen LogP contribution in [0, 0.1) is 13.8 Å². The molecule has 82 valence electrons.